The maximum atomic E-state index is 10.5. The summed E-state index contributed by atoms with van der Waals surface area (Å²) in [5, 5.41) is 10.5. The first-order valence-electron chi connectivity index (χ1n) is 7.80. The molecule has 2 aliphatic carbocycles. The van der Waals surface area contributed by atoms with Gasteiger partial charge in [-0.2, -0.15) is 0 Å². The van der Waals surface area contributed by atoms with Crippen LogP contribution in [0.15, 0.2) is 54.6 Å². The molecule has 2 aromatic rings. The molecular weight excluding hydrogens is 260 g/mol. The molecule has 2 aliphatic rings. The van der Waals surface area contributed by atoms with Gasteiger partial charge in [-0.05, 0) is 66.8 Å². The van der Waals surface area contributed by atoms with Gasteiger partial charge in [0.25, 0.3) is 0 Å². The van der Waals surface area contributed by atoms with Gasteiger partial charge in [-0.25, -0.2) is 0 Å². The van der Waals surface area contributed by atoms with Crippen LogP contribution in [-0.4, -0.2) is 5.11 Å². The molecule has 0 heterocycles. The van der Waals surface area contributed by atoms with Gasteiger partial charge in [0.05, 0.1) is 6.10 Å². The molecule has 0 spiro atoms. The molecule has 0 aromatic heterocycles. The number of para-hydroxylation sites is 1. The highest BCUT2D eigenvalue weighted by atomic mass is 16.5. The van der Waals surface area contributed by atoms with E-state index in [9.17, 15) is 5.11 Å². The first kappa shape index (κ1) is 12.9. The smallest absolute Gasteiger partial charge is 0.127 e. The summed E-state index contributed by atoms with van der Waals surface area (Å²) >= 11 is 0. The fourth-order valence-corrected chi connectivity index (χ4v) is 3.65. The van der Waals surface area contributed by atoms with Crippen LogP contribution in [0.2, 0.25) is 0 Å². The quantitative estimate of drug-likeness (QED) is 0.889. The minimum absolute atomic E-state index is 0.316. The lowest BCUT2D eigenvalue weighted by Crippen LogP contribution is -2.10. The summed E-state index contributed by atoms with van der Waals surface area (Å²) in [5.74, 6) is 3.92. The molecule has 3 atom stereocenters. The molecule has 1 N–H and O–H groups in total. The van der Waals surface area contributed by atoms with Crippen molar-refractivity contribution in [3.63, 3.8) is 0 Å². The highest BCUT2D eigenvalue weighted by molar-refractivity contribution is 5.33. The van der Waals surface area contributed by atoms with Crippen LogP contribution < -0.4 is 4.74 Å². The molecule has 2 aromatic carbocycles. The number of fused-ring (bicyclic) bond motifs is 1. The largest absolute Gasteiger partial charge is 0.457 e. The topological polar surface area (TPSA) is 29.5 Å². The number of aliphatic hydroxyl groups excluding tert-OH is 1. The minimum Gasteiger partial charge on any atom is -0.457 e. The minimum atomic E-state index is -0.316. The summed E-state index contributed by atoms with van der Waals surface area (Å²) in [6.07, 6.45) is 3.48. The van der Waals surface area contributed by atoms with E-state index in [1.54, 1.807) is 0 Å². The van der Waals surface area contributed by atoms with Crippen LogP contribution in [0.3, 0.4) is 0 Å². The number of rotatable bonds is 4. The van der Waals surface area contributed by atoms with Crippen molar-refractivity contribution in [3.8, 4) is 11.5 Å². The van der Waals surface area contributed by atoms with Gasteiger partial charge in [0.1, 0.15) is 11.5 Å². The first-order valence-corrected chi connectivity index (χ1v) is 7.80. The Morgan fingerprint density at radius 2 is 1.43 bits per heavy atom. The molecule has 108 valence electrons. The monoisotopic (exact) mass is 280 g/mol. The second-order valence-corrected chi connectivity index (χ2v) is 6.42. The molecule has 2 fully saturated rings. The van der Waals surface area contributed by atoms with Gasteiger partial charge >= 0.3 is 0 Å². The Labute approximate surface area is 125 Å². The molecule has 4 rings (SSSR count). The van der Waals surface area contributed by atoms with Gasteiger partial charge < -0.3 is 9.84 Å². The average Bonchev–Trinajstić information content (AvgIpc) is 3.14. The van der Waals surface area contributed by atoms with Crippen molar-refractivity contribution in [1.82, 2.24) is 0 Å². The Kier molecular flexibility index (Phi) is 3.19. The maximum absolute atomic E-state index is 10.5. The van der Waals surface area contributed by atoms with E-state index in [0.29, 0.717) is 5.92 Å². The number of ether oxygens (including phenoxy) is 1. The van der Waals surface area contributed by atoms with Gasteiger partial charge in [0, 0.05) is 0 Å². The standard InChI is InChI=1S/C19H20O2/c20-19(16-11-14-10-15(14)12-16)13-6-8-18(9-7-13)21-17-4-2-1-3-5-17/h1-9,14-16,19-20H,10-12H2. The van der Waals surface area contributed by atoms with Crippen molar-refractivity contribution < 1.29 is 9.84 Å². The van der Waals surface area contributed by atoms with Crippen molar-refractivity contribution >= 4 is 0 Å². The Bertz CT molecular complexity index is 595. The molecule has 0 amide bonds. The van der Waals surface area contributed by atoms with E-state index < -0.39 is 0 Å². The number of aliphatic hydroxyl groups is 1. The lowest BCUT2D eigenvalue weighted by atomic mass is 9.91. The van der Waals surface area contributed by atoms with Crippen LogP contribution in [0.4, 0.5) is 0 Å². The van der Waals surface area contributed by atoms with Crippen LogP contribution in [0, 0.1) is 17.8 Å². The van der Waals surface area contributed by atoms with Crippen molar-refractivity contribution in [1.29, 1.82) is 0 Å². The SMILES string of the molecule is OC(c1ccc(Oc2ccccc2)cc1)C1CC2CC2C1. The molecule has 0 aliphatic heterocycles. The van der Waals surface area contributed by atoms with Crippen molar-refractivity contribution in [2.75, 3.05) is 0 Å². The van der Waals surface area contributed by atoms with Crippen LogP contribution in [-0.2, 0) is 0 Å². The van der Waals surface area contributed by atoms with E-state index in [1.807, 2.05) is 54.6 Å². The zero-order valence-corrected chi connectivity index (χ0v) is 12.0. The molecule has 2 nitrogen and oxygen atoms in total. The third kappa shape index (κ3) is 2.68. The normalized spacial score (nSPS) is 28.0. The highest BCUT2D eigenvalue weighted by Crippen LogP contribution is 2.57. The Morgan fingerprint density at radius 3 is 2.10 bits per heavy atom. The first-order chi connectivity index (χ1) is 10.3. The second-order valence-electron chi connectivity index (χ2n) is 6.42. The van der Waals surface area contributed by atoms with Crippen LogP contribution in [0.5, 0.6) is 11.5 Å². The summed E-state index contributed by atoms with van der Waals surface area (Å²) < 4.78 is 5.78. The number of benzene rings is 2. The van der Waals surface area contributed by atoms with E-state index in [0.717, 1.165) is 28.9 Å². The summed E-state index contributed by atoms with van der Waals surface area (Å²) in [5.41, 5.74) is 1.02. The van der Waals surface area contributed by atoms with Gasteiger partial charge in [-0.1, -0.05) is 30.3 Å². The maximum Gasteiger partial charge on any atom is 0.127 e. The van der Waals surface area contributed by atoms with Crippen molar-refractivity contribution in [2.24, 2.45) is 17.8 Å². The summed E-state index contributed by atoms with van der Waals surface area (Å²) in [6.45, 7) is 0. The summed E-state index contributed by atoms with van der Waals surface area (Å²) in [7, 11) is 0. The average molecular weight is 280 g/mol. The fourth-order valence-electron chi connectivity index (χ4n) is 3.65. The van der Waals surface area contributed by atoms with Crippen LogP contribution >= 0.6 is 0 Å². The Morgan fingerprint density at radius 1 is 0.810 bits per heavy atom. The van der Waals surface area contributed by atoms with E-state index in [1.165, 1.54) is 19.3 Å². The van der Waals surface area contributed by atoms with Gasteiger partial charge in [0.2, 0.25) is 0 Å². The van der Waals surface area contributed by atoms with E-state index in [4.69, 9.17) is 4.74 Å². The van der Waals surface area contributed by atoms with E-state index >= 15 is 0 Å². The summed E-state index contributed by atoms with van der Waals surface area (Å²) in [4.78, 5) is 0. The van der Waals surface area contributed by atoms with Crippen molar-refractivity contribution in [2.45, 2.75) is 25.4 Å². The zero-order valence-electron chi connectivity index (χ0n) is 12.0. The molecule has 0 bridgehead atoms. The Hall–Kier alpha value is -1.80. The molecule has 0 saturated heterocycles. The van der Waals surface area contributed by atoms with E-state index in [2.05, 4.69) is 0 Å². The van der Waals surface area contributed by atoms with Crippen molar-refractivity contribution in [3.05, 3.63) is 60.2 Å². The molecule has 3 unspecified atom stereocenters. The molecule has 0 radical (unpaired) electrons. The second kappa shape index (κ2) is 5.19. The van der Waals surface area contributed by atoms with Crippen LogP contribution in [0.1, 0.15) is 30.9 Å². The fraction of sp³-hybridized carbons (Fsp3) is 0.368. The Balaban J connectivity index is 1.43. The zero-order chi connectivity index (χ0) is 14.2. The third-order valence-corrected chi connectivity index (χ3v) is 4.93. The lowest BCUT2D eigenvalue weighted by molar-refractivity contribution is 0.104. The predicted molar refractivity (Wildman–Crippen MR) is 82.2 cm³/mol. The molecular formula is C19H20O2. The van der Waals surface area contributed by atoms with E-state index in [-0.39, 0.29) is 6.10 Å². The van der Waals surface area contributed by atoms with Gasteiger partial charge in [0.15, 0.2) is 0 Å². The highest BCUT2D eigenvalue weighted by Gasteiger charge is 2.47. The molecule has 2 saturated carbocycles. The molecule has 2 heteroatoms. The predicted octanol–water partition coefficient (Wildman–Crippen LogP) is 4.56. The third-order valence-electron chi connectivity index (χ3n) is 4.93. The number of hydrogen-bond donors (Lipinski definition) is 1. The number of hydrogen-bond acceptors (Lipinski definition) is 2. The molecule has 21 heavy (non-hydrogen) atoms. The summed E-state index contributed by atoms with van der Waals surface area (Å²) in [6, 6.07) is 17.6. The van der Waals surface area contributed by atoms with Gasteiger partial charge in [-0.15, -0.1) is 0 Å². The lowest BCUT2D eigenvalue weighted by Gasteiger charge is -2.20. The van der Waals surface area contributed by atoms with Gasteiger partial charge in [-0.3, -0.25) is 0 Å². The van der Waals surface area contributed by atoms with Crippen LogP contribution in [0.25, 0.3) is 0 Å².